The van der Waals surface area contributed by atoms with Gasteiger partial charge in [0.25, 0.3) is 11.8 Å². The van der Waals surface area contributed by atoms with E-state index in [1.54, 1.807) is 105 Å². The fourth-order valence-corrected chi connectivity index (χ4v) is 7.97. The topological polar surface area (TPSA) is 152 Å². The SMILES string of the molecule is CCC(Sc1cccc(NC(=O)/C(=C\c2ccccc2OC)NC(=O)c2ccccc2)c1)C(=O)Nc1sc2c(c1C(=O)OC)CCN(C(=O)OC(C)(C)C)C2. The zero-order chi connectivity index (χ0) is 39.7. The van der Waals surface area contributed by atoms with Crippen LogP contribution in [0.15, 0.2) is 89.5 Å². The highest BCUT2D eigenvalue weighted by Gasteiger charge is 2.33. The van der Waals surface area contributed by atoms with Crippen LogP contribution >= 0.6 is 23.1 Å². The summed E-state index contributed by atoms with van der Waals surface area (Å²) in [6.45, 7) is 7.88. The Labute approximate surface area is 328 Å². The van der Waals surface area contributed by atoms with E-state index in [0.717, 1.165) is 10.4 Å². The summed E-state index contributed by atoms with van der Waals surface area (Å²) in [6, 6.07) is 22.7. The number of thiophene rings is 1. The molecule has 14 heteroatoms. The van der Waals surface area contributed by atoms with Crippen molar-refractivity contribution in [1.82, 2.24) is 10.2 Å². The smallest absolute Gasteiger partial charge is 0.410 e. The summed E-state index contributed by atoms with van der Waals surface area (Å²) < 4.78 is 16.1. The van der Waals surface area contributed by atoms with Gasteiger partial charge in [0.1, 0.15) is 22.0 Å². The Morgan fingerprint density at radius 3 is 2.36 bits per heavy atom. The van der Waals surface area contributed by atoms with Gasteiger partial charge in [-0.2, -0.15) is 0 Å². The van der Waals surface area contributed by atoms with Gasteiger partial charge in [-0.1, -0.05) is 49.4 Å². The number of amides is 4. The lowest BCUT2D eigenvalue weighted by atomic mass is 10.0. The molecule has 3 aromatic carbocycles. The lowest BCUT2D eigenvalue weighted by Crippen LogP contribution is -2.39. The zero-order valence-electron chi connectivity index (χ0n) is 31.5. The summed E-state index contributed by atoms with van der Waals surface area (Å²) in [5.74, 6) is -1.39. The molecule has 12 nitrogen and oxygen atoms in total. The van der Waals surface area contributed by atoms with Gasteiger partial charge in [-0.15, -0.1) is 23.1 Å². The van der Waals surface area contributed by atoms with E-state index in [0.29, 0.717) is 57.4 Å². The number of nitrogens with zero attached hydrogens (tertiary/aromatic N) is 1. The second kappa shape index (κ2) is 18.2. The van der Waals surface area contributed by atoms with Gasteiger partial charge < -0.3 is 35.1 Å². The number of benzene rings is 3. The van der Waals surface area contributed by atoms with Crippen molar-refractivity contribution < 1.29 is 38.2 Å². The van der Waals surface area contributed by atoms with Crippen LogP contribution in [0.5, 0.6) is 5.75 Å². The molecule has 1 aliphatic rings. The van der Waals surface area contributed by atoms with Crippen molar-refractivity contribution in [3.05, 3.63) is 112 Å². The fourth-order valence-electron chi connectivity index (χ4n) is 5.70. The molecule has 0 radical (unpaired) electrons. The van der Waals surface area contributed by atoms with Crippen molar-refractivity contribution in [2.45, 2.75) is 62.8 Å². The third kappa shape index (κ3) is 10.5. The first-order chi connectivity index (χ1) is 26.3. The van der Waals surface area contributed by atoms with Crippen LogP contribution in [0.2, 0.25) is 0 Å². The van der Waals surface area contributed by atoms with Gasteiger partial charge in [0.2, 0.25) is 5.91 Å². The molecule has 0 fully saturated rings. The molecule has 0 spiro atoms. The normalized spacial score (nSPS) is 13.2. The van der Waals surface area contributed by atoms with Gasteiger partial charge in [0, 0.05) is 33.1 Å². The largest absolute Gasteiger partial charge is 0.496 e. The van der Waals surface area contributed by atoms with Crippen molar-refractivity contribution in [3.8, 4) is 5.75 Å². The lowest BCUT2D eigenvalue weighted by molar-refractivity contribution is -0.116. The molecule has 1 atom stereocenters. The van der Waals surface area contributed by atoms with Gasteiger partial charge in [-0.05, 0) is 81.7 Å². The number of carbonyl (C=O) groups excluding carboxylic acids is 5. The minimum atomic E-state index is -0.655. The minimum Gasteiger partial charge on any atom is -0.496 e. The molecule has 288 valence electrons. The van der Waals surface area contributed by atoms with E-state index in [1.165, 1.54) is 37.3 Å². The molecular formula is C41H44N4O8S2. The average molecular weight is 785 g/mol. The second-order valence-corrected chi connectivity index (χ2v) is 15.8. The molecule has 1 unspecified atom stereocenters. The second-order valence-electron chi connectivity index (χ2n) is 13.5. The molecule has 1 aliphatic heterocycles. The first-order valence-electron chi connectivity index (χ1n) is 17.6. The third-order valence-electron chi connectivity index (χ3n) is 8.34. The molecule has 2 heterocycles. The van der Waals surface area contributed by atoms with Crippen molar-refractivity contribution >= 4 is 69.6 Å². The summed E-state index contributed by atoms with van der Waals surface area (Å²) in [4.78, 5) is 69.4. The Kier molecular flexibility index (Phi) is 13.4. The van der Waals surface area contributed by atoms with E-state index in [1.807, 2.05) is 13.0 Å². The van der Waals surface area contributed by atoms with Crippen LogP contribution in [0.4, 0.5) is 15.5 Å². The highest BCUT2D eigenvalue weighted by atomic mass is 32.2. The number of para-hydroxylation sites is 1. The number of carbonyl (C=O) groups is 5. The number of rotatable bonds is 12. The molecule has 0 bridgehead atoms. The van der Waals surface area contributed by atoms with Crippen LogP contribution in [0, 0.1) is 0 Å². The maximum Gasteiger partial charge on any atom is 0.410 e. The maximum absolute atomic E-state index is 13.8. The number of thioether (sulfide) groups is 1. The number of methoxy groups -OCH3 is 2. The Hall–Kier alpha value is -5.60. The standard InChI is InChI=1S/C41H44N4O8S2/c1-7-32(37(48)44-38-34(39(49)52-6)29-20-21-45(24-33(29)55-38)40(50)53-41(2,3)4)54-28-18-13-17-27(23-28)42-36(47)30(22-26-16-11-12-19-31(26)51-5)43-35(46)25-14-9-8-10-15-25/h8-19,22-23,32H,7,20-21,24H2,1-6H3,(H,42,47)(H,43,46)(H,44,48)/b30-22+. The Balaban J connectivity index is 1.32. The van der Waals surface area contributed by atoms with Crippen LogP contribution in [-0.4, -0.2) is 66.3 Å². The van der Waals surface area contributed by atoms with Gasteiger partial charge in [-0.25, -0.2) is 9.59 Å². The molecule has 4 amide bonds. The van der Waals surface area contributed by atoms with Crippen molar-refractivity contribution in [1.29, 1.82) is 0 Å². The lowest BCUT2D eigenvalue weighted by Gasteiger charge is -2.30. The molecule has 0 aliphatic carbocycles. The first kappa shape index (κ1) is 40.6. The molecule has 0 saturated carbocycles. The van der Waals surface area contributed by atoms with Gasteiger partial charge >= 0.3 is 12.1 Å². The van der Waals surface area contributed by atoms with Gasteiger partial charge in [0.05, 0.1) is 31.6 Å². The fraction of sp³-hybridized carbons (Fsp3) is 0.293. The van der Waals surface area contributed by atoms with E-state index in [-0.39, 0.29) is 18.1 Å². The summed E-state index contributed by atoms with van der Waals surface area (Å²) in [6.07, 6.45) is 1.96. The third-order valence-corrected chi connectivity index (χ3v) is 10.8. The van der Waals surface area contributed by atoms with E-state index in [9.17, 15) is 24.0 Å². The number of esters is 1. The predicted molar refractivity (Wildman–Crippen MR) is 215 cm³/mol. The molecule has 1 aromatic heterocycles. The van der Waals surface area contributed by atoms with Crippen LogP contribution in [0.3, 0.4) is 0 Å². The maximum atomic E-state index is 13.8. The number of fused-ring (bicyclic) bond motifs is 1. The molecule has 55 heavy (non-hydrogen) atoms. The van der Waals surface area contributed by atoms with Crippen LogP contribution in [0.1, 0.15) is 70.8 Å². The zero-order valence-corrected chi connectivity index (χ0v) is 33.2. The average Bonchev–Trinajstić information content (AvgIpc) is 3.53. The highest BCUT2D eigenvalue weighted by Crippen LogP contribution is 2.39. The van der Waals surface area contributed by atoms with Crippen LogP contribution < -0.4 is 20.7 Å². The number of anilines is 2. The summed E-state index contributed by atoms with van der Waals surface area (Å²) >= 11 is 2.54. The van der Waals surface area contributed by atoms with Crippen molar-refractivity contribution in [3.63, 3.8) is 0 Å². The molecule has 5 rings (SSSR count). The van der Waals surface area contributed by atoms with Gasteiger partial charge in [-0.3, -0.25) is 14.4 Å². The monoisotopic (exact) mass is 784 g/mol. The van der Waals surface area contributed by atoms with E-state index < -0.39 is 34.7 Å². The predicted octanol–water partition coefficient (Wildman–Crippen LogP) is 7.76. The summed E-state index contributed by atoms with van der Waals surface area (Å²) in [5, 5.41) is 8.36. The van der Waals surface area contributed by atoms with Crippen LogP contribution in [0.25, 0.3) is 6.08 Å². The van der Waals surface area contributed by atoms with Crippen molar-refractivity contribution in [2.75, 3.05) is 31.4 Å². The molecule has 3 N–H and O–H groups in total. The summed E-state index contributed by atoms with van der Waals surface area (Å²) in [5.41, 5.74) is 1.80. The van der Waals surface area contributed by atoms with E-state index in [4.69, 9.17) is 14.2 Å². The van der Waals surface area contributed by atoms with Crippen molar-refractivity contribution in [2.24, 2.45) is 0 Å². The quantitative estimate of drug-likeness (QED) is 0.0744. The number of hydrogen-bond donors (Lipinski definition) is 3. The molecule has 4 aromatic rings. The van der Waals surface area contributed by atoms with E-state index >= 15 is 0 Å². The molecular weight excluding hydrogens is 741 g/mol. The number of hydrogen-bond acceptors (Lipinski definition) is 10. The summed E-state index contributed by atoms with van der Waals surface area (Å²) in [7, 11) is 2.81. The highest BCUT2D eigenvalue weighted by molar-refractivity contribution is 8.00. The Morgan fingerprint density at radius 2 is 1.67 bits per heavy atom. The first-order valence-corrected chi connectivity index (χ1v) is 19.3. The Morgan fingerprint density at radius 1 is 0.945 bits per heavy atom. The number of ether oxygens (including phenoxy) is 3. The van der Waals surface area contributed by atoms with E-state index in [2.05, 4.69) is 16.0 Å². The molecule has 0 saturated heterocycles. The minimum absolute atomic E-state index is 0.00325. The Bertz CT molecular complexity index is 2090. The van der Waals surface area contributed by atoms with Gasteiger partial charge in [0.15, 0.2) is 0 Å². The number of nitrogens with one attached hydrogen (secondary N) is 3. The van der Waals surface area contributed by atoms with Crippen LogP contribution in [-0.2, 0) is 32.0 Å².